The minimum absolute atomic E-state index is 0.102. The lowest BCUT2D eigenvalue weighted by Gasteiger charge is -2.21. The maximum absolute atomic E-state index is 13.5. The van der Waals surface area contributed by atoms with Gasteiger partial charge in [-0.2, -0.15) is 0 Å². The van der Waals surface area contributed by atoms with Crippen LogP contribution in [-0.4, -0.2) is 29.2 Å². The van der Waals surface area contributed by atoms with Gasteiger partial charge in [0.1, 0.15) is 11.6 Å². The molecule has 8 heteroatoms. The highest BCUT2D eigenvalue weighted by atomic mass is 19.4. The van der Waals surface area contributed by atoms with Crippen LogP contribution in [0.5, 0.6) is 5.75 Å². The minimum atomic E-state index is -4.83. The lowest BCUT2D eigenvalue weighted by atomic mass is 10.1. The van der Waals surface area contributed by atoms with Gasteiger partial charge in [-0.05, 0) is 31.2 Å². The molecule has 0 spiro atoms. The quantitative estimate of drug-likeness (QED) is 0.596. The first-order chi connectivity index (χ1) is 13.1. The second-order valence-electron chi connectivity index (χ2n) is 6.29. The molecule has 0 aliphatic carbocycles. The third-order valence-electron chi connectivity index (χ3n) is 4.08. The molecular weight excluding hydrogens is 376 g/mol. The average Bonchev–Trinajstić information content (AvgIpc) is 2.60. The molecule has 4 nitrogen and oxygen atoms in total. The maximum Gasteiger partial charge on any atom is 0.573 e. The monoisotopic (exact) mass is 392 g/mol. The molecule has 0 saturated heterocycles. The highest BCUT2D eigenvalue weighted by Gasteiger charge is 2.32. The van der Waals surface area contributed by atoms with E-state index in [9.17, 15) is 22.4 Å². The number of ether oxygens (including phenoxy) is 1. The molecule has 0 bridgehead atoms. The van der Waals surface area contributed by atoms with Gasteiger partial charge in [0.25, 0.3) is 5.91 Å². The SMILES string of the molecule is Cc1cc(C(=O)N(C)Cc2ccccc2OC(F)(F)F)c2ccc(F)cc2n1. The summed E-state index contributed by atoms with van der Waals surface area (Å²) in [7, 11) is 1.47. The van der Waals surface area contributed by atoms with E-state index in [0.29, 0.717) is 22.2 Å². The van der Waals surface area contributed by atoms with Crippen LogP contribution in [0.1, 0.15) is 21.6 Å². The molecule has 2 aromatic carbocycles. The van der Waals surface area contributed by atoms with Crippen molar-refractivity contribution in [1.82, 2.24) is 9.88 Å². The molecule has 0 aliphatic rings. The molecule has 0 saturated carbocycles. The topological polar surface area (TPSA) is 42.4 Å². The summed E-state index contributed by atoms with van der Waals surface area (Å²) in [5, 5.41) is 0.462. The number of rotatable bonds is 4. The first kappa shape index (κ1) is 19.6. The van der Waals surface area contributed by atoms with E-state index in [1.807, 2.05) is 0 Å². The fourth-order valence-electron chi connectivity index (χ4n) is 2.90. The predicted molar refractivity (Wildman–Crippen MR) is 95.4 cm³/mol. The van der Waals surface area contributed by atoms with E-state index in [-0.39, 0.29) is 17.9 Å². The first-order valence-electron chi connectivity index (χ1n) is 8.30. The third kappa shape index (κ3) is 4.39. The number of nitrogens with zero attached hydrogens (tertiary/aromatic N) is 2. The van der Waals surface area contributed by atoms with Crippen LogP contribution in [0.2, 0.25) is 0 Å². The standard InChI is InChI=1S/C20H16F4N2O2/c1-12-9-16(15-8-7-14(21)10-17(15)25-12)19(27)26(2)11-13-5-3-4-6-18(13)28-20(22,23)24/h3-10H,11H2,1-2H3. The molecule has 0 aliphatic heterocycles. The second-order valence-corrected chi connectivity index (χ2v) is 6.29. The first-order valence-corrected chi connectivity index (χ1v) is 8.30. The van der Waals surface area contributed by atoms with Gasteiger partial charge in [0.05, 0.1) is 11.1 Å². The number of hydrogen-bond donors (Lipinski definition) is 0. The molecule has 1 amide bonds. The predicted octanol–water partition coefficient (Wildman–Crippen LogP) is 4.85. The van der Waals surface area contributed by atoms with Gasteiger partial charge in [0, 0.05) is 36.3 Å². The Bertz CT molecular complexity index is 1030. The second kappa shape index (κ2) is 7.46. The summed E-state index contributed by atoms with van der Waals surface area (Å²) in [5.74, 6) is -1.27. The number of aryl methyl sites for hydroxylation is 1. The number of halogens is 4. The summed E-state index contributed by atoms with van der Waals surface area (Å²) in [5.41, 5.74) is 1.35. The molecular formula is C20H16F4N2O2. The molecule has 28 heavy (non-hydrogen) atoms. The van der Waals surface area contributed by atoms with Crippen molar-refractivity contribution in [3.05, 3.63) is 71.2 Å². The van der Waals surface area contributed by atoms with Crippen LogP contribution in [0, 0.1) is 12.7 Å². The highest BCUT2D eigenvalue weighted by molar-refractivity contribution is 6.06. The normalized spacial score (nSPS) is 11.5. The van der Waals surface area contributed by atoms with Crippen LogP contribution in [0.3, 0.4) is 0 Å². The van der Waals surface area contributed by atoms with E-state index < -0.39 is 18.1 Å². The molecule has 146 valence electrons. The fourth-order valence-corrected chi connectivity index (χ4v) is 2.90. The Labute approximate surface area is 158 Å². The average molecular weight is 392 g/mol. The van der Waals surface area contributed by atoms with Gasteiger partial charge in [0.2, 0.25) is 0 Å². The summed E-state index contributed by atoms with van der Waals surface area (Å²) in [6, 6.07) is 11.1. The maximum atomic E-state index is 13.5. The van der Waals surface area contributed by atoms with Crippen molar-refractivity contribution in [1.29, 1.82) is 0 Å². The van der Waals surface area contributed by atoms with Crippen LogP contribution in [0.15, 0.2) is 48.5 Å². The van der Waals surface area contributed by atoms with Crippen molar-refractivity contribution < 1.29 is 27.1 Å². The highest BCUT2D eigenvalue weighted by Crippen LogP contribution is 2.28. The van der Waals surface area contributed by atoms with Crippen LogP contribution < -0.4 is 4.74 Å². The molecule has 1 heterocycles. The molecule has 0 unspecified atom stereocenters. The van der Waals surface area contributed by atoms with Crippen molar-refractivity contribution >= 4 is 16.8 Å². The molecule has 0 radical (unpaired) electrons. The largest absolute Gasteiger partial charge is 0.573 e. The van der Waals surface area contributed by atoms with Crippen LogP contribution >= 0.6 is 0 Å². The van der Waals surface area contributed by atoms with Crippen LogP contribution in [0.4, 0.5) is 17.6 Å². The van der Waals surface area contributed by atoms with E-state index in [0.717, 1.165) is 0 Å². The van der Waals surface area contributed by atoms with Gasteiger partial charge in [-0.25, -0.2) is 4.39 Å². The molecule has 0 fully saturated rings. The van der Waals surface area contributed by atoms with E-state index in [1.165, 1.54) is 48.3 Å². The van der Waals surface area contributed by atoms with E-state index in [2.05, 4.69) is 9.72 Å². The summed E-state index contributed by atoms with van der Waals surface area (Å²) in [6.45, 7) is 1.57. The number of alkyl halides is 3. The number of pyridine rings is 1. The zero-order valence-corrected chi connectivity index (χ0v) is 15.0. The zero-order chi connectivity index (χ0) is 20.5. The number of para-hydroxylation sites is 1. The zero-order valence-electron chi connectivity index (χ0n) is 15.0. The number of benzene rings is 2. The summed E-state index contributed by atoms with van der Waals surface area (Å²) >= 11 is 0. The van der Waals surface area contributed by atoms with Gasteiger partial charge in [0.15, 0.2) is 0 Å². The molecule has 3 rings (SSSR count). The van der Waals surface area contributed by atoms with Gasteiger partial charge in [-0.1, -0.05) is 18.2 Å². The van der Waals surface area contributed by atoms with Gasteiger partial charge in [-0.15, -0.1) is 13.2 Å². The Balaban J connectivity index is 1.92. The van der Waals surface area contributed by atoms with Gasteiger partial charge < -0.3 is 9.64 Å². The Kier molecular flexibility index (Phi) is 5.22. The Morgan fingerprint density at radius 1 is 1.14 bits per heavy atom. The number of amides is 1. The molecule has 1 aromatic heterocycles. The Morgan fingerprint density at radius 2 is 1.86 bits per heavy atom. The lowest BCUT2D eigenvalue weighted by Crippen LogP contribution is -2.27. The van der Waals surface area contributed by atoms with Crippen molar-refractivity contribution in [2.24, 2.45) is 0 Å². The Hall–Kier alpha value is -3.16. The smallest absolute Gasteiger partial charge is 0.405 e. The van der Waals surface area contributed by atoms with Crippen molar-refractivity contribution in [2.75, 3.05) is 7.05 Å². The summed E-state index contributed by atoms with van der Waals surface area (Å²) in [6.07, 6.45) is -4.83. The molecule has 0 N–H and O–H groups in total. The van der Waals surface area contributed by atoms with E-state index in [1.54, 1.807) is 19.1 Å². The summed E-state index contributed by atoms with van der Waals surface area (Å²) in [4.78, 5) is 18.4. The fraction of sp³-hybridized carbons (Fsp3) is 0.200. The minimum Gasteiger partial charge on any atom is -0.405 e. The number of carbonyl (C=O) groups excluding carboxylic acids is 1. The van der Waals surface area contributed by atoms with E-state index >= 15 is 0 Å². The number of fused-ring (bicyclic) bond motifs is 1. The van der Waals surface area contributed by atoms with Gasteiger partial charge in [-0.3, -0.25) is 9.78 Å². The van der Waals surface area contributed by atoms with Crippen molar-refractivity contribution in [3.8, 4) is 5.75 Å². The lowest BCUT2D eigenvalue weighted by molar-refractivity contribution is -0.275. The van der Waals surface area contributed by atoms with Crippen LogP contribution in [0.25, 0.3) is 10.9 Å². The Morgan fingerprint density at radius 3 is 2.57 bits per heavy atom. The van der Waals surface area contributed by atoms with E-state index in [4.69, 9.17) is 0 Å². The number of aromatic nitrogens is 1. The van der Waals surface area contributed by atoms with Crippen molar-refractivity contribution in [2.45, 2.75) is 19.8 Å². The molecule has 3 aromatic rings. The number of carbonyl (C=O) groups is 1. The summed E-state index contributed by atoms with van der Waals surface area (Å²) < 4.78 is 55.3. The van der Waals surface area contributed by atoms with Crippen molar-refractivity contribution in [3.63, 3.8) is 0 Å². The molecule has 0 atom stereocenters. The third-order valence-corrected chi connectivity index (χ3v) is 4.08. The van der Waals surface area contributed by atoms with Gasteiger partial charge >= 0.3 is 6.36 Å². The van der Waals surface area contributed by atoms with Crippen LogP contribution in [-0.2, 0) is 6.54 Å². The number of hydrogen-bond acceptors (Lipinski definition) is 3.